The van der Waals surface area contributed by atoms with E-state index in [4.69, 9.17) is 0 Å². The third-order valence-corrected chi connectivity index (χ3v) is 4.72. The fraction of sp³-hybridized carbons (Fsp3) is 0.158. The van der Waals surface area contributed by atoms with Crippen LogP contribution in [0.3, 0.4) is 0 Å². The highest BCUT2D eigenvalue weighted by atomic mass is 32.1. The SMILES string of the molecule is Cc1sc(CCNC(=O)c2ccc(F)c(F)c2)nc1-c1ccccc1. The first kappa shape index (κ1) is 17.2. The van der Waals surface area contributed by atoms with Gasteiger partial charge in [-0.05, 0) is 25.1 Å². The van der Waals surface area contributed by atoms with Crippen LogP contribution in [-0.2, 0) is 6.42 Å². The molecule has 0 saturated carbocycles. The van der Waals surface area contributed by atoms with Gasteiger partial charge in [0, 0.05) is 29.0 Å². The monoisotopic (exact) mass is 358 g/mol. The van der Waals surface area contributed by atoms with Crippen LogP contribution in [0.5, 0.6) is 0 Å². The van der Waals surface area contributed by atoms with Gasteiger partial charge in [0.05, 0.1) is 10.7 Å². The van der Waals surface area contributed by atoms with Crippen LogP contribution in [0.15, 0.2) is 48.5 Å². The van der Waals surface area contributed by atoms with Crippen LogP contribution in [0.2, 0.25) is 0 Å². The van der Waals surface area contributed by atoms with Gasteiger partial charge in [-0.1, -0.05) is 30.3 Å². The maximum absolute atomic E-state index is 13.2. The van der Waals surface area contributed by atoms with Crippen molar-refractivity contribution >= 4 is 17.2 Å². The summed E-state index contributed by atoms with van der Waals surface area (Å²) in [6.45, 7) is 2.39. The normalized spacial score (nSPS) is 10.7. The Morgan fingerprint density at radius 3 is 2.60 bits per heavy atom. The number of amides is 1. The van der Waals surface area contributed by atoms with Gasteiger partial charge in [0.15, 0.2) is 11.6 Å². The number of aryl methyl sites for hydroxylation is 1. The Hall–Kier alpha value is -2.60. The van der Waals surface area contributed by atoms with E-state index in [2.05, 4.69) is 10.3 Å². The van der Waals surface area contributed by atoms with Crippen LogP contribution >= 0.6 is 11.3 Å². The largest absolute Gasteiger partial charge is 0.352 e. The molecule has 3 aromatic rings. The molecule has 0 aliphatic rings. The molecule has 1 amide bonds. The average Bonchev–Trinajstić information content (AvgIpc) is 2.98. The van der Waals surface area contributed by atoms with Crippen molar-refractivity contribution in [1.82, 2.24) is 10.3 Å². The van der Waals surface area contributed by atoms with Crippen LogP contribution in [0.25, 0.3) is 11.3 Å². The quantitative estimate of drug-likeness (QED) is 0.736. The van der Waals surface area contributed by atoms with Crippen molar-refractivity contribution in [1.29, 1.82) is 0 Å². The Labute approximate surface area is 148 Å². The molecule has 0 radical (unpaired) electrons. The molecule has 1 N–H and O–H groups in total. The molecule has 3 nitrogen and oxygen atoms in total. The van der Waals surface area contributed by atoms with Crippen LogP contribution in [0, 0.1) is 18.6 Å². The number of halogens is 2. The molecule has 2 aromatic carbocycles. The summed E-state index contributed by atoms with van der Waals surface area (Å²) in [6.07, 6.45) is 0.577. The molecule has 0 saturated heterocycles. The van der Waals surface area contributed by atoms with Gasteiger partial charge in [-0.25, -0.2) is 13.8 Å². The lowest BCUT2D eigenvalue weighted by Crippen LogP contribution is -2.25. The average molecular weight is 358 g/mol. The fourth-order valence-corrected chi connectivity index (χ4v) is 3.40. The second-order valence-electron chi connectivity index (χ2n) is 5.51. The number of carbonyl (C=O) groups excluding carboxylic acids is 1. The van der Waals surface area contributed by atoms with Crippen molar-refractivity contribution in [3.05, 3.63) is 75.6 Å². The van der Waals surface area contributed by atoms with Crippen molar-refractivity contribution in [3.8, 4) is 11.3 Å². The van der Waals surface area contributed by atoms with E-state index in [-0.39, 0.29) is 5.56 Å². The highest BCUT2D eigenvalue weighted by molar-refractivity contribution is 7.12. The first-order valence-electron chi connectivity index (χ1n) is 7.79. The molecule has 128 valence electrons. The summed E-state index contributed by atoms with van der Waals surface area (Å²) >= 11 is 1.59. The molecule has 6 heteroatoms. The maximum atomic E-state index is 13.2. The van der Waals surface area contributed by atoms with Gasteiger partial charge in [-0.3, -0.25) is 4.79 Å². The standard InChI is InChI=1S/C19H16F2N2OS/c1-12-18(13-5-3-2-4-6-13)23-17(25-12)9-10-22-19(24)14-7-8-15(20)16(21)11-14/h2-8,11H,9-10H2,1H3,(H,22,24). The second kappa shape index (κ2) is 7.53. The van der Waals surface area contributed by atoms with E-state index >= 15 is 0 Å². The lowest BCUT2D eigenvalue weighted by molar-refractivity contribution is 0.0953. The summed E-state index contributed by atoms with van der Waals surface area (Å²) in [4.78, 5) is 17.7. The number of nitrogens with one attached hydrogen (secondary N) is 1. The summed E-state index contributed by atoms with van der Waals surface area (Å²) in [6, 6.07) is 13.0. The lowest BCUT2D eigenvalue weighted by Gasteiger charge is -2.04. The van der Waals surface area contributed by atoms with Gasteiger partial charge >= 0.3 is 0 Å². The first-order valence-corrected chi connectivity index (χ1v) is 8.61. The molecule has 0 spiro atoms. The van der Waals surface area contributed by atoms with Crippen molar-refractivity contribution in [2.45, 2.75) is 13.3 Å². The van der Waals surface area contributed by atoms with Crippen molar-refractivity contribution in [3.63, 3.8) is 0 Å². The Balaban J connectivity index is 1.61. The Kier molecular flexibility index (Phi) is 5.19. The maximum Gasteiger partial charge on any atom is 0.251 e. The molecule has 0 aliphatic carbocycles. The molecule has 0 aliphatic heterocycles. The van der Waals surface area contributed by atoms with Crippen LogP contribution < -0.4 is 5.32 Å². The van der Waals surface area contributed by atoms with E-state index in [1.807, 2.05) is 37.3 Å². The van der Waals surface area contributed by atoms with Crippen molar-refractivity contribution in [2.75, 3.05) is 6.54 Å². The van der Waals surface area contributed by atoms with Crippen LogP contribution in [0.4, 0.5) is 8.78 Å². The second-order valence-corrected chi connectivity index (χ2v) is 6.80. The molecule has 25 heavy (non-hydrogen) atoms. The Bertz CT molecular complexity index is 894. The number of benzene rings is 2. The van der Waals surface area contributed by atoms with Crippen LogP contribution in [0.1, 0.15) is 20.2 Å². The smallest absolute Gasteiger partial charge is 0.251 e. The molecule has 1 aromatic heterocycles. The summed E-state index contributed by atoms with van der Waals surface area (Å²) in [5.74, 6) is -2.44. The van der Waals surface area contributed by atoms with Crippen molar-refractivity contribution < 1.29 is 13.6 Å². The van der Waals surface area contributed by atoms with Gasteiger partial charge in [0.2, 0.25) is 0 Å². The van der Waals surface area contributed by atoms with Gasteiger partial charge in [-0.15, -0.1) is 11.3 Å². The summed E-state index contributed by atoms with van der Waals surface area (Å²) < 4.78 is 26.1. The molecule has 0 unspecified atom stereocenters. The van der Waals surface area contributed by atoms with E-state index < -0.39 is 17.5 Å². The molecule has 1 heterocycles. The number of carbonyl (C=O) groups is 1. The Morgan fingerprint density at radius 2 is 1.88 bits per heavy atom. The zero-order valence-electron chi connectivity index (χ0n) is 13.6. The van der Waals surface area contributed by atoms with Gasteiger partial charge < -0.3 is 5.32 Å². The van der Waals surface area contributed by atoms with E-state index in [9.17, 15) is 13.6 Å². The molecule has 0 atom stereocenters. The number of hydrogen-bond donors (Lipinski definition) is 1. The molecular formula is C19H16F2N2OS. The summed E-state index contributed by atoms with van der Waals surface area (Å²) in [5, 5.41) is 3.62. The topological polar surface area (TPSA) is 42.0 Å². The lowest BCUT2D eigenvalue weighted by atomic mass is 10.1. The summed E-state index contributed by atoms with van der Waals surface area (Å²) in [5.41, 5.74) is 2.11. The minimum Gasteiger partial charge on any atom is -0.352 e. The Morgan fingerprint density at radius 1 is 1.12 bits per heavy atom. The number of nitrogens with zero attached hydrogens (tertiary/aromatic N) is 1. The third-order valence-electron chi connectivity index (χ3n) is 3.69. The van der Waals surface area contributed by atoms with E-state index in [1.54, 1.807) is 11.3 Å². The molecule has 0 bridgehead atoms. The van der Waals surface area contributed by atoms with E-state index in [0.29, 0.717) is 13.0 Å². The number of hydrogen-bond acceptors (Lipinski definition) is 3. The van der Waals surface area contributed by atoms with Gasteiger partial charge in [0.1, 0.15) is 0 Å². The highest BCUT2D eigenvalue weighted by Crippen LogP contribution is 2.27. The molecular weight excluding hydrogens is 342 g/mol. The zero-order valence-corrected chi connectivity index (χ0v) is 14.4. The van der Waals surface area contributed by atoms with Gasteiger partial charge in [-0.2, -0.15) is 0 Å². The van der Waals surface area contributed by atoms with E-state index in [0.717, 1.165) is 33.3 Å². The number of aromatic nitrogens is 1. The predicted molar refractivity (Wildman–Crippen MR) is 94.7 cm³/mol. The van der Waals surface area contributed by atoms with E-state index in [1.165, 1.54) is 6.07 Å². The molecule has 3 rings (SSSR count). The van der Waals surface area contributed by atoms with Crippen LogP contribution in [-0.4, -0.2) is 17.4 Å². The number of thiazole rings is 1. The minimum atomic E-state index is -1.03. The van der Waals surface area contributed by atoms with Gasteiger partial charge in [0.25, 0.3) is 5.91 Å². The third kappa shape index (κ3) is 4.09. The highest BCUT2D eigenvalue weighted by Gasteiger charge is 2.12. The minimum absolute atomic E-state index is 0.0965. The molecule has 0 fully saturated rings. The fourth-order valence-electron chi connectivity index (χ4n) is 2.44. The number of rotatable bonds is 5. The van der Waals surface area contributed by atoms with Crippen molar-refractivity contribution in [2.24, 2.45) is 0 Å². The predicted octanol–water partition coefficient (Wildman–Crippen LogP) is 4.37. The zero-order chi connectivity index (χ0) is 17.8. The summed E-state index contributed by atoms with van der Waals surface area (Å²) in [7, 11) is 0. The first-order chi connectivity index (χ1) is 12.0.